The van der Waals surface area contributed by atoms with Gasteiger partial charge in [0.25, 0.3) is 11.1 Å². The first kappa shape index (κ1) is 28.8. The number of aliphatic hydroxyl groups is 2. The Labute approximate surface area is 218 Å². The Morgan fingerprint density at radius 2 is 0.947 bits per heavy atom. The van der Waals surface area contributed by atoms with Crippen molar-refractivity contribution in [3.8, 4) is 11.4 Å². The fraction of sp³-hybridized carbons (Fsp3) is 0.250. The molecule has 0 fully saturated rings. The summed E-state index contributed by atoms with van der Waals surface area (Å²) in [6.45, 7) is 2.69. The molecule has 2 aromatic carbocycles. The number of nitrogens with zero attached hydrogens (tertiary/aromatic N) is 2. The lowest BCUT2D eigenvalue weighted by Crippen LogP contribution is -2.14. The van der Waals surface area contributed by atoms with Gasteiger partial charge in [-0.2, -0.15) is 0 Å². The summed E-state index contributed by atoms with van der Waals surface area (Å²) in [4.78, 5) is 23.5. The summed E-state index contributed by atoms with van der Waals surface area (Å²) in [5.74, 6) is -0.623. The molecule has 0 unspecified atom stereocenters. The maximum atomic E-state index is 11.7. The topological polar surface area (TPSA) is 184 Å². The summed E-state index contributed by atoms with van der Waals surface area (Å²) in [5, 5.41) is 23.1. The van der Waals surface area contributed by atoms with Crippen molar-refractivity contribution in [2.75, 3.05) is 24.7 Å². The highest BCUT2D eigenvalue weighted by atomic mass is 32.2. The number of H-pyrrole nitrogens is 2. The van der Waals surface area contributed by atoms with Gasteiger partial charge in [0.05, 0.1) is 45.9 Å². The van der Waals surface area contributed by atoms with Gasteiger partial charge in [0.2, 0.25) is 0 Å². The number of hydrogen-bond donors (Lipinski definition) is 4. The molecule has 0 spiro atoms. The molecule has 0 atom stereocenters. The highest BCUT2D eigenvalue weighted by Crippen LogP contribution is 2.15. The smallest absolute Gasteiger partial charge is 0.271 e. The molecule has 0 saturated carbocycles. The third-order valence-corrected chi connectivity index (χ3v) is 8.75. The number of benzene rings is 2. The van der Waals surface area contributed by atoms with Crippen LogP contribution in [0.1, 0.15) is 11.4 Å². The zero-order valence-corrected chi connectivity index (χ0v) is 22.3. The predicted octanol–water partition coefficient (Wildman–Crippen LogP) is 0.480. The molecule has 0 saturated heterocycles. The van der Waals surface area contributed by atoms with Crippen LogP contribution >= 0.6 is 0 Å². The summed E-state index contributed by atoms with van der Waals surface area (Å²) in [6.07, 6.45) is 0. The third kappa shape index (κ3) is 6.77. The van der Waals surface area contributed by atoms with Crippen LogP contribution in [0.5, 0.6) is 0 Å². The van der Waals surface area contributed by atoms with Gasteiger partial charge in [0.15, 0.2) is 19.7 Å². The van der Waals surface area contributed by atoms with E-state index in [9.17, 15) is 26.4 Å². The van der Waals surface area contributed by atoms with E-state index in [1.165, 1.54) is 45.8 Å². The molecule has 2 aromatic heterocycles. The normalized spacial score (nSPS) is 11.7. The number of aliphatic hydroxyl groups excluding tert-OH is 2. The molecule has 0 aliphatic heterocycles. The van der Waals surface area contributed by atoms with Crippen LogP contribution in [-0.4, -0.2) is 71.3 Å². The summed E-state index contributed by atoms with van der Waals surface area (Å²) in [6, 6.07) is 14.8. The fourth-order valence-electron chi connectivity index (χ4n) is 3.49. The Balaban J connectivity index is 0.000000211. The van der Waals surface area contributed by atoms with Gasteiger partial charge < -0.3 is 10.2 Å². The van der Waals surface area contributed by atoms with Crippen LogP contribution in [0.25, 0.3) is 11.4 Å². The van der Waals surface area contributed by atoms with Gasteiger partial charge in [-0.05, 0) is 62.4 Å². The summed E-state index contributed by atoms with van der Waals surface area (Å²) >= 11 is 0. The Morgan fingerprint density at radius 3 is 1.18 bits per heavy atom. The second-order valence-electron chi connectivity index (χ2n) is 8.30. The van der Waals surface area contributed by atoms with E-state index >= 15 is 0 Å². The minimum atomic E-state index is -3.46. The van der Waals surface area contributed by atoms with Crippen LogP contribution in [-0.2, 0) is 19.7 Å². The average Bonchev–Trinajstić information content (AvgIpc) is 3.38. The summed E-state index contributed by atoms with van der Waals surface area (Å²) < 4.78 is 49.5. The van der Waals surface area contributed by atoms with Crippen molar-refractivity contribution in [2.45, 2.75) is 23.6 Å². The van der Waals surface area contributed by atoms with Crippen molar-refractivity contribution in [3.63, 3.8) is 0 Å². The van der Waals surface area contributed by atoms with E-state index in [0.29, 0.717) is 11.4 Å². The Hall–Kier alpha value is -3.72. The van der Waals surface area contributed by atoms with Crippen LogP contribution in [0.3, 0.4) is 0 Å². The number of hydrogen-bond acceptors (Lipinski definition) is 8. The maximum Gasteiger partial charge on any atom is 0.271 e. The molecule has 4 rings (SSSR count). The summed E-state index contributed by atoms with van der Waals surface area (Å²) in [5.41, 5.74) is 2.15. The van der Waals surface area contributed by atoms with Gasteiger partial charge in [-0.15, -0.1) is 0 Å². The molecule has 0 aliphatic rings. The Kier molecular flexibility index (Phi) is 8.93. The molecule has 38 heavy (non-hydrogen) atoms. The highest BCUT2D eigenvalue weighted by molar-refractivity contribution is 7.91. The lowest BCUT2D eigenvalue weighted by atomic mass is 10.3. The van der Waals surface area contributed by atoms with Crippen molar-refractivity contribution < 1.29 is 27.0 Å². The molecular weight excluding hydrogens is 536 g/mol. The Bertz CT molecular complexity index is 1580. The monoisotopic (exact) mass is 564 g/mol. The van der Waals surface area contributed by atoms with E-state index in [1.807, 2.05) is 0 Å². The zero-order valence-electron chi connectivity index (χ0n) is 20.7. The fourth-order valence-corrected chi connectivity index (χ4v) is 5.55. The number of aryl methyl sites for hydroxylation is 2. The van der Waals surface area contributed by atoms with Crippen molar-refractivity contribution in [1.29, 1.82) is 0 Å². The minimum absolute atomic E-state index is 0.127. The molecule has 14 heteroatoms. The first-order chi connectivity index (χ1) is 17.9. The molecule has 4 N–H and O–H groups in total. The summed E-state index contributed by atoms with van der Waals surface area (Å²) in [7, 11) is -6.92. The van der Waals surface area contributed by atoms with Crippen LogP contribution in [0.2, 0.25) is 0 Å². The van der Waals surface area contributed by atoms with Gasteiger partial charge in [-0.3, -0.25) is 19.8 Å². The van der Waals surface area contributed by atoms with Crippen LogP contribution in [0.4, 0.5) is 0 Å². The largest absolute Gasteiger partial charge is 0.395 e. The van der Waals surface area contributed by atoms with Crippen LogP contribution < -0.4 is 11.1 Å². The molecule has 204 valence electrons. The molecule has 4 aromatic rings. The Morgan fingerprint density at radius 1 is 0.632 bits per heavy atom. The number of rotatable bonds is 8. The van der Waals surface area contributed by atoms with E-state index < -0.39 is 32.9 Å². The minimum Gasteiger partial charge on any atom is -0.395 e. The van der Waals surface area contributed by atoms with Gasteiger partial charge >= 0.3 is 0 Å². The second-order valence-corrected chi connectivity index (χ2v) is 12.5. The highest BCUT2D eigenvalue weighted by Gasteiger charge is 2.15. The molecule has 0 amide bonds. The quantitative estimate of drug-likeness (QED) is 0.238. The van der Waals surface area contributed by atoms with Gasteiger partial charge in [-0.25, -0.2) is 26.2 Å². The van der Waals surface area contributed by atoms with Crippen molar-refractivity contribution in [2.24, 2.45) is 0 Å². The van der Waals surface area contributed by atoms with Crippen LogP contribution in [0, 0.1) is 13.8 Å². The standard InChI is InChI=1S/2C12H14N2O4S/c2*1-9-8-12(16)14(13-9)10-2-4-11(5-3-10)19(17,18)7-6-15/h2*2-5,8,13,15H,6-7H2,1H3. The van der Waals surface area contributed by atoms with E-state index in [2.05, 4.69) is 10.2 Å². The van der Waals surface area contributed by atoms with Crippen LogP contribution in [0.15, 0.2) is 80.0 Å². The third-order valence-electron chi connectivity index (χ3n) is 5.33. The molecule has 2 heterocycles. The van der Waals surface area contributed by atoms with E-state index in [4.69, 9.17) is 10.2 Å². The lowest BCUT2D eigenvalue weighted by molar-refractivity contribution is 0.319. The first-order valence-corrected chi connectivity index (χ1v) is 14.6. The van der Waals surface area contributed by atoms with E-state index in [0.717, 1.165) is 11.4 Å². The predicted molar refractivity (Wildman–Crippen MR) is 141 cm³/mol. The number of sulfone groups is 2. The molecule has 12 nitrogen and oxygen atoms in total. The maximum absolute atomic E-state index is 11.7. The zero-order chi connectivity index (χ0) is 28.1. The van der Waals surface area contributed by atoms with Gasteiger partial charge in [-0.1, -0.05) is 0 Å². The van der Waals surface area contributed by atoms with Crippen molar-refractivity contribution in [3.05, 3.63) is 92.8 Å². The van der Waals surface area contributed by atoms with Gasteiger partial charge in [0.1, 0.15) is 0 Å². The molecule has 0 radical (unpaired) electrons. The molecular formula is C24H28N4O8S2. The van der Waals surface area contributed by atoms with E-state index in [-0.39, 0.29) is 32.4 Å². The number of aromatic amines is 2. The average molecular weight is 565 g/mol. The molecule has 0 aliphatic carbocycles. The van der Waals surface area contributed by atoms with Gasteiger partial charge in [0, 0.05) is 23.5 Å². The lowest BCUT2D eigenvalue weighted by Gasteiger charge is -2.05. The van der Waals surface area contributed by atoms with Crippen molar-refractivity contribution >= 4 is 19.7 Å². The van der Waals surface area contributed by atoms with Crippen molar-refractivity contribution in [1.82, 2.24) is 19.6 Å². The second kappa shape index (κ2) is 11.8. The van der Waals surface area contributed by atoms with E-state index in [1.54, 1.807) is 38.1 Å². The number of aromatic nitrogens is 4. The SMILES string of the molecule is Cc1cc(=O)n(-c2ccc(S(=O)(=O)CCO)cc2)[nH]1.Cc1cc(=O)n(-c2ccc(S(=O)(=O)CCO)cc2)[nH]1. The first-order valence-electron chi connectivity index (χ1n) is 11.3. The molecule has 0 bridgehead atoms. The number of nitrogens with one attached hydrogen (secondary N) is 2.